The number of ether oxygens (including phenoxy) is 1. The lowest BCUT2D eigenvalue weighted by Crippen LogP contribution is -2.28. The van der Waals surface area contributed by atoms with Crippen LogP contribution in [0.15, 0.2) is 46.7 Å². The molecule has 17 heavy (non-hydrogen) atoms. The first-order chi connectivity index (χ1) is 7.99. The van der Waals surface area contributed by atoms with Crippen molar-refractivity contribution in [1.29, 1.82) is 0 Å². The Hall–Kier alpha value is -1.57. The van der Waals surface area contributed by atoms with Crippen molar-refractivity contribution in [2.45, 2.75) is 39.7 Å². The molecule has 2 rings (SSSR count). The lowest BCUT2D eigenvalue weighted by molar-refractivity contribution is 0.350. The maximum atomic E-state index is 5.77. The van der Waals surface area contributed by atoms with Crippen molar-refractivity contribution >= 4 is 5.90 Å². The Kier molecular flexibility index (Phi) is 3.05. The normalized spacial score (nSPS) is 18.7. The maximum absolute atomic E-state index is 5.77. The standard InChI is InChI=1S/C15H19NO/c1-11-14(10-13-8-6-5-7-9-13)17-12(2)16-15(11,3)4/h5-9H,10H2,1-4H3. The van der Waals surface area contributed by atoms with Crippen molar-refractivity contribution in [2.24, 2.45) is 4.99 Å². The first-order valence-electron chi connectivity index (χ1n) is 5.97. The maximum Gasteiger partial charge on any atom is 0.187 e. The zero-order valence-electron chi connectivity index (χ0n) is 10.9. The Morgan fingerprint density at radius 1 is 1.12 bits per heavy atom. The zero-order chi connectivity index (χ0) is 12.5. The molecule has 1 aromatic carbocycles. The summed E-state index contributed by atoms with van der Waals surface area (Å²) >= 11 is 0. The van der Waals surface area contributed by atoms with Gasteiger partial charge < -0.3 is 4.74 Å². The van der Waals surface area contributed by atoms with Gasteiger partial charge in [0.25, 0.3) is 0 Å². The lowest BCUT2D eigenvalue weighted by atomic mass is 9.92. The topological polar surface area (TPSA) is 21.6 Å². The van der Waals surface area contributed by atoms with Crippen LogP contribution in [0, 0.1) is 0 Å². The highest BCUT2D eigenvalue weighted by molar-refractivity contribution is 5.76. The van der Waals surface area contributed by atoms with Crippen molar-refractivity contribution in [3.8, 4) is 0 Å². The van der Waals surface area contributed by atoms with Gasteiger partial charge in [-0.3, -0.25) is 0 Å². The van der Waals surface area contributed by atoms with Gasteiger partial charge in [-0.1, -0.05) is 30.3 Å². The monoisotopic (exact) mass is 229 g/mol. The highest BCUT2D eigenvalue weighted by Gasteiger charge is 2.27. The van der Waals surface area contributed by atoms with Gasteiger partial charge in [0.1, 0.15) is 5.76 Å². The molecular formula is C15H19NO. The molecule has 0 spiro atoms. The third kappa shape index (κ3) is 2.57. The van der Waals surface area contributed by atoms with Crippen LogP contribution >= 0.6 is 0 Å². The number of allylic oxidation sites excluding steroid dienone is 1. The van der Waals surface area contributed by atoms with E-state index in [-0.39, 0.29) is 5.54 Å². The molecule has 1 aliphatic heterocycles. The zero-order valence-corrected chi connectivity index (χ0v) is 10.9. The van der Waals surface area contributed by atoms with Crippen LogP contribution in [0.1, 0.15) is 33.3 Å². The van der Waals surface area contributed by atoms with Crippen molar-refractivity contribution < 1.29 is 4.74 Å². The molecule has 1 aliphatic rings. The molecule has 0 aromatic heterocycles. The van der Waals surface area contributed by atoms with E-state index in [1.165, 1.54) is 11.1 Å². The van der Waals surface area contributed by atoms with Gasteiger partial charge in [-0.05, 0) is 31.9 Å². The molecule has 90 valence electrons. The molecule has 0 aliphatic carbocycles. The fraction of sp³-hybridized carbons (Fsp3) is 0.400. The molecule has 0 fully saturated rings. The van der Waals surface area contributed by atoms with Gasteiger partial charge in [0.15, 0.2) is 5.90 Å². The molecule has 0 saturated carbocycles. The summed E-state index contributed by atoms with van der Waals surface area (Å²) in [6.07, 6.45) is 0.836. The summed E-state index contributed by atoms with van der Waals surface area (Å²) in [5.41, 5.74) is 2.34. The Morgan fingerprint density at radius 3 is 2.41 bits per heavy atom. The highest BCUT2D eigenvalue weighted by atomic mass is 16.5. The van der Waals surface area contributed by atoms with Crippen LogP contribution in [0.25, 0.3) is 0 Å². The molecule has 2 heteroatoms. The Balaban J connectivity index is 2.27. The number of nitrogens with zero attached hydrogens (tertiary/aromatic N) is 1. The van der Waals surface area contributed by atoms with Crippen LogP contribution in [0.4, 0.5) is 0 Å². The van der Waals surface area contributed by atoms with Gasteiger partial charge in [-0.15, -0.1) is 0 Å². The molecule has 0 bridgehead atoms. The van der Waals surface area contributed by atoms with E-state index in [2.05, 4.69) is 50.0 Å². The van der Waals surface area contributed by atoms with Gasteiger partial charge in [-0.2, -0.15) is 0 Å². The molecule has 0 saturated heterocycles. The number of hydrogen-bond acceptors (Lipinski definition) is 2. The van der Waals surface area contributed by atoms with E-state index in [9.17, 15) is 0 Å². The van der Waals surface area contributed by atoms with Crippen molar-refractivity contribution in [1.82, 2.24) is 0 Å². The number of rotatable bonds is 2. The smallest absolute Gasteiger partial charge is 0.187 e. The second-order valence-corrected chi connectivity index (χ2v) is 5.00. The first-order valence-corrected chi connectivity index (χ1v) is 5.97. The third-order valence-corrected chi connectivity index (χ3v) is 3.25. The van der Waals surface area contributed by atoms with E-state index in [0.717, 1.165) is 18.1 Å². The SMILES string of the molecule is CC1=NC(C)(C)C(C)=C(Cc2ccccc2)O1. The molecule has 0 atom stereocenters. The summed E-state index contributed by atoms with van der Waals surface area (Å²) < 4.78 is 5.77. The number of hydrogen-bond donors (Lipinski definition) is 0. The largest absolute Gasteiger partial charge is 0.448 e. The van der Waals surface area contributed by atoms with Gasteiger partial charge in [0.05, 0.1) is 5.54 Å². The van der Waals surface area contributed by atoms with Crippen LogP contribution in [-0.4, -0.2) is 11.4 Å². The van der Waals surface area contributed by atoms with E-state index in [0.29, 0.717) is 0 Å². The van der Waals surface area contributed by atoms with Crippen molar-refractivity contribution in [2.75, 3.05) is 0 Å². The number of aliphatic imine (C=N–C) groups is 1. The fourth-order valence-electron chi connectivity index (χ4n) is 2.05. The minimum absolute atomic E-state index is 0.146. The van der Waals surface area contributed by atoms with E-state index < -0.39 is 0 Å². The molecule has 0 N–H and O–H groups in total. The minimum Gasteiger partial charge on any atom is -0.448 e. The molecule has 0 radical (unpaired) electrons. The number of benzene rings is 1. The fourth-order valence-corrected chi connectivity index (χ4v) is 2.05. The second-order valence-electron chi connectivity index (χ2n) is 5.00. The van der Waals surface area contributed by atoms with Gasteiger partial charge in [0, 0.05) is 13.3 Å². The second kappa shape index (κ2) is 4.36. The van der Waals surface area contributed by atoms with Crippen LogP contribution in [0.5, 0.6) is 0 Å². The summed E-state index contributed by atoms with van der Waals surface area (Å²) in [5, 5.41) is 0. The molecule has 0 unspecified atom stereocenters. The molecule has 2 nitrogen and oxygen atoms in total. The van der Waals surface area contributed by atoms with Crippen molar-refractivity contribution in [3.63, 3.8) is 0 Å². The molecule has 0 amide bonds. The Morgan fingerprint density at radius 2 is 1.76 bits per heavy atom. The lowest BCUT2D eigenvalue weighted by Gasteiger charge is -2.29. The van der Waals surface area contributed by atoms with E-state index in [1.54, 1.807) is 0 Å². The summed E-state index contributed by atoms with van der Waals surface area (Å²) in [6, 6.07) is 10.4. The predicted molar refractivity (Wildman–Crippen MR) is 71.1 cm³/mol. The quantitative estimate of drug-likeness (QED) is 0.757. The van der Waals surface area contributed by atoms with Crippen molar-refractivity contribution in [3.05, 3.63) is 47.2 Å². The van der Waals surface area contributed by atoms with Crippen LogP contribution in [-0.2, 0) is 11.2 Å². The van der Waals surface area contributed by atoms with Crippen LogP contribution in [0.3, 0.4) is 0 Å². The molecule has 1 heterocycles. The van der Waals surface area contributed by atoms with E-state index in [4.69, 9.17) is 4.74 Å². The third-order valence-electron chi connectivity index (χ3n) is 3.25. The van der Waals surface area contributed by atoms with Gasteiger partial charge in [-0.25, -0.2) is 4.99 Å². The van der Waals surface area contributed by atoms with Gasteiger partial charge in [0.2, 0.25) is 0 Å². The predicted octanol–water partition coefficient (Wildman–Crippen LogP) is 3.73. The highest BCUT2D eigenvalue weighted by Crippen LogP contribution is 2.30. The van der Waals surface area contributed by atoms with Gasteiger partial charge >= 0.3 is 0 Å². The molecule has 1 aromatic rings. The summed E-state index contributed by atoms with van der Waals surface area (Å²) in [6.45, 7) is 8.27. The average molecular weight is 229 g/mol. The molecular weight excluding hydrogens is 210 g/mol. The Labute approximate surface area is 103 Å². The minimum atomic E-state index is -0.146. The van der Waals surface area contributed by atoms with E-state index >= 15 is 0 Å². The Bertz CT molecular complexity index is 469. The van der Waals surface area contributed by atoms with Crippen LogP contribution < -0.4 is 0 Å². The summed E-state index contributed by atoms with van der Waals surface area (Å²) in [5.74, 6) is 1.79. The summed E-state index contributed by atoms with van der Waals surface area (Å²) in [7, 11) is 0. The first kappa shape index (κ1) is 11.9. The van der Waals surface area contributed by atoms with E-state index in [1.807, 2.05) is 13.0 Å². The van der Waals surface area contributed by atoms with Crippen LogP contribution in [0.2, 0.25) is 0 Å². The summed E-state index contributed by atoms with van der Waals surface area (Å²) in [4.78, 5) is 4.52. The average Bonchev–Trinajstić information content (AvgIpc) is 2.26.